The molecule has 0 unspecified atom stereocenters. The molecule has 1 atom stereocenters. The fraction of sp³-hybridized carbons (Fsp3) is 0.333. The molecule has 33 heavy (non-hydrogen) atoms. The molecular weight excluding hydrogens is 482 g/mol. The number of hydrogen-bond donors (Lipinski definition) is 3. The van der Waals surface area contributed by atoms with Gasteiger partial charge in [-0.2, -0.15) is 13.2 Å². The Labute approximate surface area is 194 Å². The highest BCUT2D eigenvalue weighted by Gasteiger charge is 2.30. The van der Waals surface area contributed by atoms with E-state index in [1.54, 1.807) is 0 Å². The highest BCUT2D eigenvalue weighted by molar-refractivity contribution is 6.59. The first-order valence-electron chi connectivity index (χ1n) is 10.0. The van der Waals surface area contributed by atoms with Crippen LogP contribution in [0.4, 0.5) is 17.6 Å². The maximum Gasteiger partial charge on any atom is 0.416 e. The van der Waals surface area contributed by atoms with Gasteiger partial charge in [-0.05, 0) is 42.3 Å². The topological polar surface area (TPSA) is 79.5 Å². The summed E-state index contributed by atoms with van der Waals surface area (Å²) in [4.78, 5) is 27.3. The molecular formula is C21H21ClF4N3O3Si. The van der Waals surface area contributed by atoms with Crippen LogP contribution in [0.3, 0.4) is 0 Å². The van der Waals surface area contributed by atoms with Gasteiger partial charge < -0.3 is 20.4 Å². The standard InChI is InChI=1S/C21H21ClF4N3O3Si/c22-16-6-5-15(9-17(16)23)32-11-19(30)29-33-8-7-18(28-12-33)20(31)27-10-13-1-3-14(4-2-13)21(24,25)26/h1-6,9,18,28H,7-8,10-12H2,(H,27,31)(H,29,30)/t18-/m1/s1. The van der Waals surface area contributed by atoms with Gasteiger partial charge in [0.05, 0.1) is 16.6 Å². The molecule has 1 radical (unpaired) electrons. The van der Waals surface area contributed by atoms with Crippen molar-refractivity contribution in [3.8, 4) is 5.75 Å². The van der Waals surface area contributed by atoms with Crippen LogP contribution < -0.4 is 20.4 Å². The minimum Gasteiger partial charge on any atom is -0.484 e. The third-order valence-corrected chi connectivity index (χ3v) is 7.40. The third-order valence-electron chi connectivity index (χ3n) is 4.94. The van der Waals surface area contributed by atoms with Gasteiger partial charge in [0.2, 0.25) is 11.8 Å². The van der Waals surface area contributed by atoms with Gasteiger partial charge in [-0.3, -0.25) is 9.59 Å². The zero-order chi connectivity index (χ0) is 24.0. The van der Waals surface area contributed by atoms with E-state index in [-0.39, 0.29) is 35.7 Å². The summed E-state index contributed by atoms with van der Waals surface area (Å²) in [6.45, 7) is -0.154. The number of hydrogen-bond acceptors (Lipinski definition) is 4. The van der Waals surface area contributed by atoms with Crippen molar-refractivity contribution in [2.24, 2.45) is 0 Å². The van der Waals surface area contributed by atoms with Crippen LogP contribution in [0, 0.1) is 5.82 Å². The van der Waals surface area contributed by atoms with Crippen LogP contribution in [0.25, 0.3) is 0 Å². The maximum atomic E-state index is 13.4. The first-order valence-corrected chi connectivity index (χ1v) is 12.3. The van der Waals surface area contributed by atoms with Crippen LogP contribution in [-0.2, 0) is 22.3 Å². The molecule has 2 aromatic rings. The number of benzene rings is 2. The predicted octanol–water partition coefficient (Wildman–Crippen LogP) is 3.20. The number of carbonyl (C=O) groups excluding carboxylic acids is 2. The zero-order valence-electron chi connectivity index (χ0n) is 17.3. The van der Waals surface area contributed by atoms with Gasteiger partial charge in [-0.1, -0.05) is 23.7 Å². The number of amides is 2. The van der Waals surface area contributed by atoms with E-state index in [1.807, 2.05) is 0 Å². The molecule has 1 aliphatic heterocycles. The predicted molar refractivity (Wildman–Crippen MR) is 115 cm³/mol. The first-order chi connectivity index (χ1) is 15.6. The van der Waals surface area contributed by atoms with E-state index in [4.69, 9.17) is 16.3 Å². The number of carbonyl (C=O) groups is 2. The van der Waals surface area contributed by atoms with E-state index in [0.717, 1.165) is 18.2 Å². The number of halogens is 5. The Morgan fingerprint density at radius 2 is 1.91 bits per heavy atom. The van der Waals surface area contributed by atoms with E-state index < -0.39 is 32.6 Å². The van der Waals surface area contributed by atoms with Crippen molar-refractivity contribution >= 4 is 32.4 Å². The van der Waals surface area contributed by atoms with Gasteiger partial charge >= 0.3 is 6.18 Å². The van der Waals surface area contributed by atoms with Gasteiger partial charge in [0, 0.05) is 18.8 Å². The van der Waals surface area contributed by atoms with Gasteiger partial charge in [0.1, 0.15) is 11.6 Å². The molecule has 0 saturated carbocycles. The summed E-state index contributed by atoms with van der Waals surface area (Å²) < 4.78 is 56.5. The van der Waals surface area contributed by atoms with Gasteiger partial charge in [0.25, 0.3) is 0 Å². The minimum absolute atomic E-state index is 0.0385. The van der Waals surface area contributed by atoms with Crippen LogP contribution in [0.2, 0.25) is 11.1 Å². The highest BCUT2D eigenvalue weighted by atomic mass is 35.5. The molecule has 3 rings (SSSR count). The molecule has 2 amide bonds. The Hall–Kier alpha value is -2.63. The molecule has 1 heterocycles. The van der Waals surface area contributed by atoms with Crippen LogP contribution in [0.15, 0.2) is 42.5 Å². The molecule has 1 fully saturated rings. The Bertz CT molecular complexity index is 984. The maximum absolute atomic E-state index is 13.4. The van der Waals surface area contributed by atoms with E-state index in [1.165, 1.54) is 24.3 Å². The second-order valence-corrected chi connectivity index (χ2v) is 10.1. The Kier molecular flexibility index (Phi) is 8.33. The van der Waals surface area contributed by atoms with E-state index in [2.05, 4.69) is 15.6 Å². The minimum atomic E-state index is -4.40. The lowest BCUT2D eigenvalue weighted by molar-refractivity contribution is -0.137. The van der Waals surface area contributed by atoms with Crippen molar-refractivity contribution in [3.05, 3.63) is 64.4 Å². The molecule has 0 bridgehead atoms. The lowest BCUT2D eigenvalue weighted by atomic mass is 10.1. The molecule has 1 aliphatic rings. The van der Waals surface area contributed by atoms with Crippen LogP contribution >= 0.6 is 11.6 Å². The summed E-state index contributed by atoms with van der Waals surface area (Å²) in [6, 6.07) is 8.71. The van der Waals surface area contributed by atoms with Gasteiger partial charge in [0.15, 0.2) is 15.6 Å². The van der Waals surface area contributed by atoms with Crippen molar-refractivity contribution in [2.45, 2.75) is 31.2 Å². The van der Waals surface area contributed by atoms with Crippen LogP contribution in [-0.4, -0.2) is 39.6 Å². The normalized spacial score (nSPS) is 16.8. The molecule has 0 spiro atoms. The monoisotopic (exact) mass is 502 g/mol. The van der Waals surface area contributed by atoms with Crippen molar-refractivity contribution in [2.75, 3.05) is 12.8 Å². The quantitative estimate of drug-likeness (QED) is 0.401. The lowest BCUT2D eigenvalue weighted by Gasteiger charge is -2.28. The van der Waals surface area contributed by atoms with Crippen molar-refractivity contribution in [1.29, 1.82) is 0 Å². The van der Waals surface area contributed by atoms with E-state index in [0.29, 0.717) is 24.2 Å². The van der Waals surface area contributed by atoms with Crippen LogP contribution in [0.1, 0.15) is 17.5 Å². The van der Waals surface area contributed by atoms with Crippen LogP contribution in [0.5, 0.6) is 5.75 Å². The third kappa shape index (κ3) is 7.44. The second kappa shape index (κ2) is 11.0. The molecule has 2 aromatic carbocycles. The summed E-state index contributed by atoms with van der Waals surface area (Å²) in [5.41, 5.74) is -0.182. The zero-order valence-corrected chi connectivity index (χ0v) is 19.0. The number of rotatable bonds is 7. The molecule has 0 aromatic heterocycles. The molecule has 0 aliphatic carbocycles. The van der Waals surface area contributed by atoms with Crippen molar-refractivity contribution < 1.29 is 31.9 Å². The Morgan fingerprint density at radius 1 is 1.18 bits per heavy atom. The molecule has 177 valence electrons. The summed E-state index contributed by atoms with van der Waals surface area (Å²) in [5.74, 6) is -1.04. The van der Waals surface area contributed by atoms with E-state index in [9.17, 15) is 27.2 Å². The second-order valence-electron chi connectivity index (χ2n) is 7.40. The summed E-state index contributed by atoms with van der Waals surface area (Å²) >= 11 is 5.60. The summed E-state index contributed by atoms with van der Waals surface area (Å²) in [6.07, 6.45) is -3.43. The smallest absolute Gasteiger partial charge is 0.416 e. The number of ether oxygens (including phenoxy) is 1. The fourth-order valence-corrected chi connectivity index (χ4v) is 5.26. The average molecular weight is 503 g/mol. The first kappa shape index (κ1) is 25.0. The van der Waals surface area contributed by atoms with Gasteiger partial charge in [-0.15, -0.1) is 0 Å². The summed E-state index contributed by atoms with van der Waals surface area (Å²) in [7, 11) is -1.29. The highest BCUT2D eigenvalue weighted by Crippen LogP contribution is 2.29. The van der Waals surface area contributed by atoms with Crippen molar-refractivity contribution in [3.63, 3.8) is 0 Å². The lowest BCUT2D eigenvalue weighted by Crippen LogP contribution is -2.57. The Morgan fingerprint density at radius 3 is 2.52 bits per heavy atom. The van der Waals surface area contributed by atoms with Gasteiger partial charge in [-0.25, -0.2) is 4.39 Å². The fourth-order valence-electron chi connectivity index (χ4n) is 3.16. The Balaban J connectivity index is 1.36. The summed E-state index contributed by atoms with van der Waals surface area (Å²) in [5, 5.41) is 5.76. The largest absolute Gasteiger partial charge is 0.484 e. The SMILES string of the molecule is O=C(COc1ccc(Cl)c(F)c1)N[Si]1CC[C@H](C(=O)NCc2ccc(C(F)(F)F)cc2)NC1. The molecule has 12 heteroatoms. The number of alkyl halides is 3. The molecule has 6 nitrogen and oxygen atoms in total. The molecule has 1 saturated heterocycles. The van der Waals surface area contributed by atoms with E-state index >= 15 is 0 Å². The number of nitrogens with one attached hydrogen (secondary N) is 3. The average Bonchev–Trinajstić information content (AvgIpc) is 2.78. The van der Waals surface area contributed by atoms with Crippen molar-refractivity contribution in [1.82, 2.24) is 15.6 Å². The molecule has 3 N–H and O–H groups in total.